The van der Waals surface area contributed by atoms with Crippen molar-refractivity contribution in [3.8, 4) is 5.75 Å². The second-order valence-corrected chi connectivity index (χ2v) is 4.18. The fourth-order valence-corrected chi connectivity index (χ4v) is 1.65. The Morgan fingerprint density at radius 1 is 1.25 bits per heavy atom. The van der Waals surface area contributed by atoms with Crippen molar-refractivity contribution < 1.29 is 14.3 Å². The zero-order valence-electron chi connectivity index (χ0n) is 10.6. The Morgan fingerprint density at radius 3 is 2.75 bits per heavy atom. The third kappa shape index (κ3) is 3.38. The van der Waals surface area contributed by atoms with Gasteiger partial charge < -0.3 is 21.5 Å². The van der Waals surface area contributed by atoms with Gasteiger partial charge in [0, 0.05) is 17.8 Å². The summed E-state index contributed by atoms with van der Waals surface area (Å²) in [6.07, 6.45) is 0. The number of nitrogen functional groups attached to an aromatic ring is 1. The number of phenolic OH excluding ortho intramolecular Hbond substituents is 1. The van der Waals surface area contributed by atoms with Crippen molar-refractivity contribution >= 4 is 17.4 Å². The molecule has 0 heterocycles. The summed E-state index contributed by atoms with van der Waals surface area (Å²) in [4.78, 5) is 11.6. The maximum atomic E-state index is 13.3. The summed E-state index contributed by atoms with van der Waals surface area (Å²) < 4.78 is 13.3. The number of carbonyl (C=O) groups excluding carboxylic acids is 1. The van der Waals surface area contributed by atoms with Crippen LogP contribution < -0.4 is 16.4 Å². The summed E-state index contributed by atoms with van der Waals surface area (Å²) in [6.45, 7) is 0.0805. The normalized spacial score (nSPS) is 10.1. The number of halogens is 1. The minimum absolute atomic E-state index is 0.0328. The van der Waals surface area contributed by atoms with Crippen LogP contribution in [0, 0.1) is 5.82 Å². The van der Waals surface area contributed by atoms with Gasteiger partial charge in [-0.3, -0.25) is 0 Å². The molecule has 0 atom stereocenters. The molecule has 104 valence electrons. The largest absolute Gasteiger partial charge is 0.508 e. The van der Waals surface area contributed by atoms with Crippen LogP contribution in [0.3, 0.4) is 0 Å². The lowest BCUT2D eigenvalue weighted by Crippen LogP contribution is -2.28. The zero-order valence-corrected chi connectivity index (χ0v) is 10.6. The average molecular weight is 275 g/mol. The Bertz CT molecular complexity index is 632. The van der Waals surface area contributed by atoms with Crippen LogP contribution in [0.2, 0.25) is 0 Å². The number of nitrogens with two attached hydrogens (primary N) is 1. The predicted molar refractivity (Wildman–Crippen MR) is 74.8 cm³/mol. The first-order chi connectivity index (χ1) is 9.56. The lowest BCUT2D eigenvalue weighted by atomic mass is 10.2. The Hall–Kier alpha value is -2.76. The van der Waals surface area contributed by atoms with E-state index >= 15 is 0 Å². The molecular formula is C14H14FN3O2. The van der Waals surface area contributed by atoms with E-state index in [0.29, 0.717) is 11.3 Å². The first-order valence-corrected chi connectivity index (χ1v) is 5.93. The van der Waals surface area contributed by atoms with E-state index in [1.165, 1.54) is 24.3 Å². The van der Waals surface area contributed by atoms with Gasteiger partial charge in [0.1, 0.15) is 11.6 Å². The fraction of sp³-hybridized carbons (Fsp3) is 0.0714. The molecule has 0 spiro atoms. The SMILES string of the molecule is Nc1ccc(O)c(CNC(=O)Nc2ccccc2F)c1. The highest BCUT2D eigenvalue weighted by Gasteiger charge is 2.07. The van der Waals surface area contributed by atoms with Gasteiger partial charge in [-0.2, -0.15) is 0 Å². The van der Waals surface area contributed by atoms with Gasteiger partial charge in [0.05, 0.1) is 5.69 Å². The molecule has 2 amide bonds. The number of phenols is 1. The van der Waals surface area contributed by atoms with E-state index in [1.807, 2.05) is 0 Å². The van der Waals surface area contributed by atoms with E-state index < -0.39 is 11.8 Å². The second-order valence-electron chi connectivity index (χ2n) is 4.18. The van der Waals surface area contributed by atoms with Gasteiger partial charge in [0.2, 0.25) is 0 Å². The maximum absolute atomic E-state index is 13.3. The molecule has 20 heavy (non-hydrogen) atoms. The molecule has 0 fully saturated rings. The third-order valence-corrected chi connectivity index (χ3v) is 2.67. The van der Waals surface area contributed by atoms with Gasteiger partial charge in [0.25, 0.3) is 0 Å². The Balaban J connectivity index is 1.96. The van der Waals surface area contributed by atoms with Gasteiger partial charge >= 0.3 is 6.03 Å². The van der Waals surface area contributed by atoms with E-state index in [4.69, 9.17) is 5.73 Å². The molecule has 6 heteroatoms. The standard InChI is InChI=1S/C14H14FN3O2/c15-11-3-1-2-4-12(11)18-14(20)17-8-9-7-10(16)5-6-13(9)19/h1-7,19H,8,16H2,(H2,17,18,20). The minimum atomic E-state index is -0.572. The van der Waals surface area contributed by atoms with Crippen LogP contribution in [0.25, 0.3) is 0 Å². The van der Waals surface area contributed by atoms with Gasteiger partial charge in [-0.05, 0) is 30.3 Å². The number of benzene rings is 2. The number of rotatable bonds is 3. The Kier molecular flexibility index (Phi) is 4.05. The molecule has 0 bridgehead atoms. The summed E-state index contributed by atoms with van der Waals surface area (Å²) in [6, 6.07) is 9.83. The van der Waals surface area contributed by atoms with Crippen molar-refractivity contribution in [3.05, 3.63) is 53.8 Å². The second kappa shape index (κ2) is 5.92. The Morgan fingerprint density at radius 2 is 2.00 bits per heavy atom. The molecule has 2 rings (SSSR count). The molecule has 0 saturated heterocycles. The van der Waals surface area contributed by atoms with Crippen molar-refractivity contribution in [1.82, 2.24) is 5.32 Å². The third-order valence-electron chi connectivity index (χ3n) is 2.67. The number of anilines is 2. The van der Waals surface area contributed by atoms with Gasteiger partial charge in [-0.1, -0.05) is 12.1 Å². The summed E-state index contributed by atoms with van der Waals surface area (Å²) in [5.74, 6) is -0.486. The van der Waals surface area contributed by atoms with Crippen LogP contribution in [-0.4, -0.2) is 11.1 Å². The molecule has 5 nitrogen and oxygen atoms in total. The molecule has 0 unspecified atom stereocenters. The number of amides is 2. The molecule has 0 saturated carbocycles. The molecule has 0 aliphatic rings. The van der Waals surface area contributed by atoms with Gasteiger partial charge in [-0.15, -0.1) is 0 Å². The molecule has 5 N–H and O–H groups in total. The molecule has 0 aliphatic carbocycles. The molecule has 2 aromatic rings. The molecule has 0 aromatic heterocycles. The number of aromatic hydroxyl groups is 1. The van der Waals surface area contributed by atoms with Crippen LogP contribution in [0.5, 0.6) is 5.75 Å². The zero-order chi connectivity index (χ0) is 14.5. The maximum Gasteiger partial charge on any atom is 0.319 e. The smallest absolute Gasteiger partial charge is 0.319 e. The highest BCUT2D eigenvalue weighted by molar-refractivity contribution is 5.89. The molecule has 0 radical (unpaired) electrons. The number of carbonyl (C=O) groups is 1. The number of hydrogen-bond donors (Lipinski definition) is 4. The van der Waals surface area contributed by atoms with E-state index in [2.05, 4.69) is 10.6 Å². The van der Waals surface area contributed by atoms with E-state index in [1.54, 1.807) is 18.2 Å². The first kappa shape index (κ1) is 13.7. The monoisotopic (exact) mass is 275 g/mol. The van der Waals surface area contributed by atoms with E-state index in [9.17, 15) is 14.3 Å². The number of hydrogen-bond acceptors (Lipinski definition) is 3. The van der Waals surface area contributed by atoms with Crippen LogP contribution in [0.4, 0.5) is 20.6 Å². The number of para-hydroxylation sites is 1. The highest BCUT2D eigenvalue weighted by atomic mass is 19.1. The molecule has 0 aliphatic heterocycles. The molecule has 2 aromatic carbocycles. The van der Waals surface area contributed by atoms with E-state index in [-0.39, 0.29) is 18.0 Å². The quantitative estimate of drug-likeness (QED) is 0.512. The predicted octanol–water partition coefficient (Wildman–Crippen LogP) is 2.44. The highest BCUT2D eigenvalue weighted by Crippen LogP contribution is 2.19. The summed E-state index contributed by atoms with van der Waals surface area (Å²) in [7, 11) is 0. The van der Waals surface area contributed by atoms with Crippen LogP contribution >= 0.6 is 0 Å². The van der Waals surface area contributed by atoms with Crippen molar-refractivity contribution in [3.63, 3.8) is 0 Å². The van der Waals surface area contributed by atoms with Crippen molar-refractivity contribution in [1.29, 1.82) is 0 Å². The summed E-state index contributed by atoms with van der Waals surface area (Å²) in [5, 5.41) is 14.5. The molecular weight excluding hydrogens is 261 g/mol. The summed E-state index contributed by atoms with van der Waals surface area (Å²) in [5.41, 5.74) is 6.63. The Labute approximate surface area is 115 Å². The number of urea groups is 1. The average Bonchev–Trinajstić information content (AvgIpc) is 2.42. The van der Waals surface area contributed by atoms with Crippen molar-refractivity contribution in [2.75, 3.05) is 11.1 Å². The lowest BCUT2D eigenvalue weighted by molar-refractivity contribution is 0.251. The van der Waals surface area contributed by atoms with Crippen LogP contribution in [-0.2, 0) is 6.54 Å². The van der Waals surface area contributed by atoms with Crippen LogP contribution in [0.1, 0.15) is 5.56 Å². The van der Waals surface area contributed by atoms with Crippen LogP contribution in [0.15, 0.2) is 42.5 Å². The lowest BCUT2D eigenvalue weighted by Gasteiger charge is -2.09. The van der Waals surface area contributed by atoms with Gasteiger partial charge in [-0.25, -0.2) is 9.18 Å². The van der Waals surface area contributed by atoms with Gasteiger partial charge in [0.15, 0.2) is 0 Å². The van der Waals surface area contributed by atoms with Crippen molar-refractivity contribution in [2.45, 2.75) is 6.54 Å². The first-order valence-electron chi connectivity index (χ1n) is 5.93. The van der Waals surface area contributed by atoms with E-state index in [0.717, 1.165) is 0 Å². The topological polar surface area (TPSA) is 87.4 Å². The number of nitrogens with one attached hydrogen (secondary N) is 2. The summed E-state index contributed by atoms with van der Waals surface area (Å²) >= 11 is 0. The minimum Gasteiger partial charge on any atom is -0.508 e. The fourth-order valence-electron chi connectivity index (χ4n) is 1.65. The van der Waals surface area contributed by atoms with Crippen molar-refractivity contribution in [2.24, 2.45) is 0 Å².